The van der Waals surface area contributed by atoms with E-state index in [0.717, 1.165) is 16.8 Å². The maximum atomic E-state index is 12.3. The SMILES string of the molecule is O=C(NCC1c2ccccc2-c2cncn21)Nc1ccc2n[nH]nc2c1. The van der Waals surface area contributed by atoms with Crippen molar-refractivity contribution in [3.8, 4) is 11.3 Å². The quantitative estimate of drug-likeness (QED) is 0.531. The number of fused-ring (bicyclic) bond motifs is 4. The second-order valence-corrected chi connectivity index (χ2v) is 6.15. The van der Waals surface area contributed by atoms with E-state index in [-0.39, 0.29) is 12.1 Å². The van der Waals surface area contributed by atoms with Gasteiger partial charge in [-0.2, -0.15) is 15.4 Å². The maximum absolute atomic E-state index is 12.3. The Hall–Kier alpha value is -3.68. The lowest BCUT2D eigenvalue weighted by atomic mass is 10.0. The summed E-state index contributed by atoms with van der Waals surface area (Å²) in [7, 11) is 0. The standard InChI is InChI=1S/C18H15N7O/c26-18(21-11-5-6-14-15(7-11)23-24-22-14)20-9-17-13-4-2-1-3-12(13)16-8-19-10-25(16)17/h1-8,10,17H,9H2,(H2,20,21,26)(H,22,23,24). The highest BCUT2D eigenvalue weighted by Gasteiger charge is 2.28. The summed E-state index contributed by atoms with van der Waals surface area (Å²) in [5, 5.41) is 16.4. The monoisotopic (exact) mass is 345 g/mol. The third-order valence-corrected chi connectivity index (χ3v) is 4.63. The van der Waals surface area contributed by atoms with E-state index < -0.39 is 0 Å². The fraction of sp³-hybridized carbons (Fsp3) is 0.111. The summed E-state index contributed by atoms with van der Waals surface area (Å²) in [4.78, 5) is 16.5. The van der Waals surface area contributed by atoms with Crippen LogP contribution in [0.25, 0.3) is 22.3 Å². The number of anilines is 1. The summed E-state index contributed by atoms with van der Waals surface area (Å²) in [6.45, 7) is 0.471. The molecule has 3 N–H and O–H groups in total. The Balaban J connectivity index is 1.31. The molecule has 0 spiro atoms. The highest BCUT2D eigenvalue weighted by atomic mass is 16.2. The average Bonchev–Trinajstić information content (AvgIpc) is 3.36. The number of rotatable bonds is 3. The van der Waals surface area contributed by atoms with Crippen molar-refractivity contribution in [1.29, 1.82) is 0 Å². The largest absolute Gasteiger partial charge is 0.335 e. The number of amides is 2. The number of aromatic amines is 1. The number of H-pyrrole nitrogens is 1. The van der Waals surface area contributed by atoms with Crippen molar-refractivity contribution >= 4 is 22.8 Å². The molecule has 3 heterocycles. The molecule has 0 saturated carbocycles. The van der Waals surface area contributed by atoms with Crippen LogP contribution in [0.4, 0.5) is 10.5 Å². The molecule has 26 heavy (non-hydrogen) atoms. The molecule has 8 heteroatoms. The zero-order chi connectivity index (χ0) is 17.5. The molecule has 1 aliphatic rings. The lowest BCUT2D eigenvalue weighted by Gasteiger charge is -2.16. The van der Waals surface area contributed by atoms with Gasteiger partial charge in [0, 0.05) is 17.8 Å². The molecule has 0 aliphatic carbocycles. The molecule has 8 nitrogen and oxygen atoms in total. The first-order valence-corrected chi connectivity index (χ1v) is 8.26. The predicted octanol–water partition coefficient (Wildman–Crippen LogP) is 2.55. The first-order valence-electron chi connectivity index (χ1n) is 8.26. The predicted molar refractivity (Wildman–Crippen MR) is 96.7 cm³/mol. The summed E-state index contributed by atoms with van der Waals surface area (Å²) in [6.07, 6.45) is 3.66. The molecule has 0 bridgehead atoms. The summed E-state index contributed by atoms with van der Waals surface area (Å²) in [5.74, 6) is 0. The van der Waals surface area contributed by atoms with Crippen LogP contribution in [0.1, 0.15) is 11.6 Å². The molecule has 2 aromatic heterocycles. The smallest absolute Gasteiger partial charge is 0.319 e. The van der Waals surface area contributed by atoms with E-state index in [1.807, 2.05) is 18.3 Å². The first-order chi connectivity index (χ1) is 12.8. The van der Waals surface area contributed by atoms with Crippen molar-refractivity contribution in [3.05, 3.63) is 60.6 Å². The zero-order valence-electron chi connectivity index (χ0n) is 13.7. The average molecular weight is 345 g/mol. The Bertz CT molecular complexity index is 1110. The number of aromatic nitrogens is 5. The van der Waals surface area contributed by atoms with E-state index in [0.29, 0.717) is 17.7 Å². The van der Waals surface area contributed by atoms with E-state index in [1.54, 1.807) is 24.5 Å². The fourth-order valence-corrected chi connectivity index (χ4v) is 3.42. The molecule has 4 aromatic rings. The number of hydrogen-bond donors (Lipinski definition) is 3. The third kappa shape index (κ3) is 2.31. The van der Waals surface area contributed by atoms with Gasteiger partial charge in [0.1, 0.15) is 11.0 Å². The molecule has 2 amide bonds. The molecule has 2 aromatic carbocycles. The van der Waals surface area contributed by atoms with Gasteiger partial charge in [-0.3, -0.25) is 0 Å². The van der Waals surface area contributed by atoms with E-state index in [4.69, 9.17) is 0 Å². The molecule has 1 atom stereocenters. The highest BCUT2D eigenvalue weighted by molar-refractivity contribution is 5.91. The van der Waals surface area contributed by atoms with Crippen molar-refractivity contribution in [2.75, 3.05) is 11.9 Å². The van der Waals surface area contributed by atoms with Crippen LogP contribution >= 0.6 is 0 Å². The lowest BCUT2D eigenvalue weighted by molar-refractivity contribution is 0.251. The van der Waals surface area contributed by atoms with E-state index in [2.05, 4.69) is 47.7 Å². The first kappa shape index (κ1) is 14.6. The molecule has 1 aliphatic heterocycles. The second-order valence-electron chi connectivity index (χ2n) is 6.15. The van der Waals surface area contributed by atoms with Crippen LogP contribution in [0.2, 0.25) is 0 Å². The Morgan fingerprint density at radius 1 is 1.15 bits per heavy atom. The summed E-state index contributed by atoms with van der Waals surface area (Å²) < 4.78 is 2.09. The van der Waals surface area contributed by atoms with Crippen molar-refractivity contribution in [2.45, 2.75) is 6.04 Å². The second kappa shape index (κ2) is 5.69. The van der Waals surface area contributed by atoms with Crippen LogP contribution in [-0.2, 0) is 0 Å². The van der Waals surface area contributed by atoms with E-state index in [1.165, 1.54) is 5.56 Å². The molecule has 128 valence electrons. The van der Waals surface area contributed by atoms with Gasteiger partial charge in [0.25, 0.3) is 0 Å². The van der Waals surface area contributed by atoms with Gasteiger partial charge in [-0.05, 0) is 23.8 Å². The minimum absolute atomic E-state index is 0.0347. The van der Waals surface area contributed by atoms with Crippen LogP contribution in [-0.4, -0.2) is 37.5 Å². The summed E-state index contributed by atoms with van der Waals surface area (Å²) >= 11 is 0. The Morgan fingerprint density at radius 3 is 3.00 bits per heavy atom. The molecule has 0 fully saturated rings. The van der Waals surface area contributed by atoms with Gasteiger partial charge >= 0.3 is 6.03 Å². The van der Waals surface area contributed by atoms with Gasteiger partial charge in [0.15, 0.2) is 0 Å². The summed E-state index contributed by atoms with van der Waals surface area (Å²) in [6, 6.07) is 13.3. The lowest BCUT2D eigenvalue weighted by Crippen LogP contribution is -2.33. The fourth-order valence-electron chi connectivity index (χ4n) is 3.42. The van der Waals surface area contributed by atoms with Crippen LogP contribution in [0, 0.1) is 0 Å². The van der Waals surface area contributed by atoms with Gasteiger partial charge in [-0.15, -0.1) is 0 Å². The van der Waals surface area contributed by atoms with Crippen molar-refractivity contribution < 1.29 is 4.79 Å². The molecular weight excluding hydrogens is 330 g/mol. The highest BCUT2D eigenvalue weighted by Crippen LogP contribution is 2.38. The number of hydrogen-bond acceptors (Lipinski definition) is 4. The number of nitrogens with one attached hydrogen (secondary N) is 3. The van der Waals surface area contributed by atoms with Gasteiger partial charge in [-0.25, -0.2) is 9.78 Å². The van der Waals surface area contributed by atoms with E-state index in [9.17, 15) is 4.79 Å². The molecule has 0 saturated heterocycles. The van der Waals surface area contributed by atoms with Crippen LogP contribution < -0.4 is 10.6 Å². The van der Waals surface area contributed by atoms with Crippen molar-refractivity contribution in [1.82, 2.24) is 30.3 Å². The number of carbonyl (C=O) groups excluding carboxylic acids is 1. The van der Waals surface area contributed by atoms with E-state index >= 15 is 0 Å². The van der Waals surface area contributed by atoms with Gasteiger partial charge < -0.3 is 15.2 Å². The zero-order valence-corrected chi connectivity index (χ0v) is 13.7. The van der Waals surface area contributed by atoms with Crippen LogP contribution in [0.15, 0.2) is 55.0 Å². The van der Waals surface area contributed by atoms with Crippen molar-refractivity contribution in [3.63, 3.8) is 0 Å². The Morgan fingerprint density at radius 2 is 2.04 bits per heavy atom. The number of nitrogens with zero attached hydrogens (tertiary/aromatic N) is 4. The summed E-state index contributed by atoms with van der Waals surface area (Å²) in [5.41, 5.74) is 5.55. The third-order valence-electron chi connectivity index (χ3n) is 4.63. The molecule has 1 unspecified atom stereocenters. The van der Waals surface area contributed by atoms with Crippen molar-refractivity contribution in [2.24, 2.45) is 0 Å². The topological polar surface area (TPSA) is 101 Å². The van der Waals surface area contributed by atoms with Crippen LogP contribution in [0.5, 0.6) is 0 Å². The molecule has 5 rings (SSSR count). The Labute approximate surface area is 148 Å². The molecular formula is C18H15N7O. The molecule has 0 radical (unpaired) electrons. The normalized spacial score (nSPS) is 14.8. The number of benzene rings is 2. The minimum atomic E-state index is -0.265. The number of imidazole rings is 1. The van der Waals surface area contributed by atoms with Gasteiger partial charge in [0.05, 0.1) is 24.3 Å². The van der Waals surface area contributed by atoms with Crippen LogP contribution in [0.3, 0.4) is 0 Å². The Kier molecular flexibility index (Phi) is 3.21. The maximum Gasteiger partial charge on any atom is 0.319 e. The minimum Gasteiger partial charge on any atom is -0.335 e. The van der Waals surface area contributed by atoms with Gasteiger partial charge in [-0.1, -0.05) is 24.3 Å². The number of carbonyl (C=O) groups is 1. The van der Waals surface area contributed by atoms with Gasteiger partial charge in [0.2, 0.25) is 0 Å². The number of urea groups is 1.